The fourth-order valence-electron chi connectivity index (χ4n) is 2.87. The molecule has 0 spiro atoms. The van der Waals surface area contributed by atoms with Gasteiger partial charge in [0.15, 0.2) is 0 Å². The predicted octanol–water partition coefficient (Wildman–Crippen LogP) is 1.56. The normalized spacial score (nSPS) is 13.1. The lowest BCUT2D eigenvalue weighted by molar-refractivity contribution is 0.328. The Labute approximate surface area is 139 Å². The molecule has 2 aromatic rings. The Kier molecular flexibility index (Phi) is 4.05. The van der Waals surface area contributed by atoms with Crippen molar-refractivity contribution in [1.29, 1.82) is 0 Å². The van der Waals surface area contributed by atoms with E-state index in [0.717, 1.165) is 21.5 Å². The average molecular weight is 328 g/mol. The van der Waals surface area contributed by atoms with Gasteiger partial charge >= 0.3 is 5.69 Å². The number of nitrogens with zero attached hydrogens (tertiary/aromatic N) is 2. The van der Waals surface area contributed by atoms with Gasteiger partial charge in [0.25, 0.3) is 5.56 Å². The van der Waals surface area contributed by atoms with Crippen molar-refractivity contribution in [3.63, 3.8) is 0 Å². The summed E-state index contributed by atoms with van der Waals surface area (Å²) in [5.74, 6) is 0.977. The Balaban J connectivity index is 1.96. The van der Waals surface area contributed by atoms with Gasteiger partial charge in [-0.15, -0.1) is 0 Å². The van der Waals surface area contributed by atoms with Crippen LogP contribution in [-0.4, -0.2) is 22.3 Å². The molecule has 1 aromatic carbocycles. The number of fused-ring (bicyclic) bond motifs is 1. The van der Waals surface area contributed by atoms with Gasteiger partial charge in [-0.3, -0.25) is 13.9 Å². The SMILES string of the molecule is Cc1ccc(OCC2=CCOc3c2n(C)c(=O)n(C)c3=O)c(C)c1. The van der Waals surface area contributed by atoms with E-state index in [9.17, 15) is 9.59 Å². The quantitative estimate of drug-likeness (QED) is 0.858. The fraction of sp³-hybridized carbons (Fsp3) is 0.333. The summed E-state index contributed by atoms with van der Waals surface area (Å²) >= 11 is 0. The zero-order chi connectivity index (χ0) is 17.4. The van der Waals surface area contributed by atoms with Gasteiger partial charge in [0.05, 0.1) is 5.69 Å². The van der Waals surface area contributed by atoms with Crippen molar-refractivity contribution in [2.45, 2.75) is 13.8 Å². The first-order chi connectivity index (χ1) is 11.4. The zero-order valence-electron chi connectivity index (χ0n) is 14.3. The van der Waals surface area contributed by atoms with Crippen molar-refractivity contribution in [1.82, 2.24) is 9.13 Å². The number of rotatable bonds is 3. The minimum Gasteiger partial charge on any atom is -0.489 e. The van der Waals surface area contributed by atoms with Crippen molar-refractivity contribution in [3.8, 4) is 11.5 Å². The molecule has 0 saturated heterocycles. The van der Waals surface area contributed by atoms with E-state index in [0.29, 0.717) is 5.69 Å². The molecule has 3 rings (SSSR count). The van der Waals surface area contributed by atoms with Gasteiger partial charge in [0, 0.05) is 19.7 Å². The smallest absolute Gasteiger partial charge is 0.331 e. The maximum absolute atomic E-state index is 12.3. The van der Waals surface area contributed by atoms with Gasteiger partial charge in [-0.25, -0.2) is 4.79 Å². The maximum Gasteiger partial charge on any atom is 0.331 e. The highest BCUT2D eigenvalue weighted by Crippen LogP contribution is 2.27. The van der Waals surface area contributed by atoms with E-state index in [4.69, 9.17) is 9.47 Å². The molecule has 0 saturated carbocycles. The number of aryl methyl sites for hydroxylation is 2. The van der Waals surface area contributed by atoms with Crippen LogP contribution in [0.1, 0.15) is 16.8 Å². The third-order valence-electron chi connectivity index (χ3n) is 4.20. The number of benzene rings is 1. The number of hydrogen-bond acceptors (Lipinski definition) is 4. The minimum absolute atomic E-state index is 0.196. The van der Waals surface area contributed by atoms with Crippen molar-refractivity contribution in [2.24, 2.45) is 14.1 Å². The lowest BCUT2D eigenvalue weighted by Gasteiger charge is -2.22. The van der Waals surface area contributed by atoms with Crippen molar-refractivity contribution >= 4 is 5.57 Å². The van der Waals surface area contributed by atoms with E-state index in [1.807, 2.05) is 38.1 Å². The van der Waals surface area contributed by atoms with Gasteiger partial charge in [0.2, 0.25) is 5.75 Å². The summed E-state index contributed by atoms with van der Waals surface area (Å²) in [5, 5.41) is 0. The molecular weight excluding hydrogens is 308 g/mol. The fourth-order valence-corrected chi connectivity index (χ4v) is 2.87. The molecule has 1 aliphatic heterocycles. The summed E-state index contributed by atoms with van der Waals surface area (Å²) in [5.41, 5.74) is 2.65. The Bertz CT molecular complexity index is 951. The molecule has 126 valence electrons. The van der Waals surface area contributed by atoms with Crippen LogP contribution in [0.5, 0.6) is 11.5 Å². The summed E-state index contributed by atoms with van der Waals surface area (Å²) in [6.07, 6.45) is 1.84. The second-order valence-electron chi connectivity index (χ2n) is 5.98. The second-order valence-corrected chi connectivity index (χ2v) is 5.98. The van der Waals surface area contributed by atoms with E-state index in [-0.39, 0.29) is 24.7 Å². The van der Waals surface area contributed by atoms with E-state index in [1.54, 1.807) is 7.05 Å². The molecular formula is C18H20N2O4. The molecule has 0 unspecified atom stereocenters. The van der Waals surface area contributed by atoms with Gasteiger partial charge in [-0.05, 0) is 31.6 Å². The van der Waals surface area contributed by atoms with Crippen LogP contribution in [0.15, 0.2) is 33.9 Å². The lowest BCUT2D eigenvalue weighted by atomic mass is 10.1. The summed E-state index contributed by atoms with van der Waals surface area (Å²) < 4.78 is 13.8. The first-order valence-electron chi connectivity index (χ1n) is 7.72. The Hall–Kier alpha value is -2.76. The number of aromatic nitrogens is 2. The van der Waals surface area contributed by atoms with Crippen molar-refractivity contribution < 1.29 is 9.47 Å². The molecule has 2 heterocycles. The molecule has 6 nitrogen and oxygen atoms in total. The molecule has 0 radical (unpaired) electrons. The van der Waals surface area contributed by atoms with Crippen LogP contribution in [0.3, 0.4) is 0 Å². The molecule has 0 amide bonds. The summed E-state index contributed by atoms with van der Waals surface area (Å²) in [4.78, 5) is 24.4. The molecule has 0 N–H and O–H groups in total. The van der Waals surface area contributed by atoms with Gasteiger partial charge < -0.3 is 9.47 Å². The highest BCUT2D eigenvalue weighted by atomic mass is 16.5. The third-order valence-corrected chi connectivity index (χ3v) is 4.20. The largest absolute Gasteiger partial charge is 0.489 e. The molecule has 1 aliphatic rings. The summed E-state index contributed by atoms with van der Waals surface area (Å²) in [7, 11) is 3.07. The molecule has 0 atom stereocenters. The van der Waals surface area contributed by atoms with Crippen molar-refractivity contribution in [3.05, 3.63) is 61.9 Å². The Morgan fingerprint density at radius 2 is 1.92 bits per heavy atom. The predicted molar refractivity (Wildman–Crippen MR) is 91.8 cm³/mol. The standard InChI is InChI=1S/C18H20N2O4/c1-11-5-6-14(12(2)9-11)24-10-13-7-8-23-16-15(13)19(3)18(22)20(4)17(16)21/h5-7,9H,8,10H2,1-4H3. The van der Waals surface area contributed by atoms with Gasteiger partial charge in [0.1, 0.15) is 19.0 Å². The first-order valence-corrected chi connectivity index (χ1v) is 7.72. The first kappa shape index (κ1) is 16.1. The van der Waals surface area contributed by atoms with E-state index < -0.39 is 5.56 Å². The minimum atomic E-state index is -0.426. The van der Waals surface area contributed by atoms with Crippen LogP contribution in [0.25, 0.3) is 5.57 Å². The topological polar surface area (TPSA) is 62.5 Å². The third kappa shape index (κ3) is 2.64. The summed E-state index contributed by atoms with van der Waals surface area (Å²) in [6.45, 7) is 4.56. The van der Waals surface area contributed by atoms with Crippen LogP contribution in [-0.2, 0) is 14.1 Å². The van der Waals surface area contributed by atoms with Crippen LogP contribution in [0.2, 0.25) is 0 Å². The molecule has 24 heavy (non-hydrogen) atoms. The monoisotopic (exact) mass is 328 g/mol. The van der Waals surface area contributed by atoms with E-state index >= 15 is 0 Å². The molecule has 1 aromatic heterocycles. The molecule has 0 bridgehead atoms. The number of hydrogen-bond donors (Lipinski definition) is 0. The van der Waals surface area contributed by atoms with Gasteiger partial charge in [-0.1, -0.05) is 17.7 Å². The molecule has 0 fully saturated rings. The highest BCUT2D eigenvalue weighted by molar-refractivity contribution is 5.70. The van der Waals surface area contributed by atoms with E-state index in [1.165, 1.54) is 17.2 Å². The van der Waals surface area contributed by atoms with Gasteiger partial charge in [-0.2, -0.15) is 0 Å². The van der Waals surface area contributed by atoms with Crippen LogP contribution >= 0.6 is 0 Å². The molecule has 0 aliphatic carbocycles. The summed E-state index contributed by atoms with van der Waals surface area (Å²) in [6, 6.07) is 5.96. The van der Waals surface area contributed by atoms with Crippen LogP contribution in [0, 0.1) is 13.8 Å². The van der Waals surface area contributed by atoms with Crippen LogP contribution in [0.4, 0.5) is 0 Å². The van der Waals surface area contributed by atoms with E-state index in [2.05, 4.69) is 0 Å². The zero-order valence-corrected chi connectivity index (χ0v) is 14.3. The molecule has 6 heteroatoms. The Morgan fingerprint density at radius 1 is 1.17 bits per heavy atom. The lowest BCUT2D eigenvalue weighted by Crippen LogP contribution is -2.40. The van der Waals surface area contributed by atoms with Crippen LogP contribution < -0.4 is 20.7 Å². The maximum atomic E-state index is 12.3. The second kappa shape index (κ2) is 6.03. The highest BCUT2D eigenvalue weighted by Gasteiger charge is 2.23. The van der Waals surface area contributed by atoms with Crippen molar-refractivity contribution in [2.75, 3.05) is 13.2 Å². The number of ether oxygens (including phenoxy) is 2. The average Bonchev–Trinajstić information content (AvgIpc) is 2.57. The Morgan fingerprint density at radius 3 is 2.62 bits per heavy atom.